The second kappa shape index (κ2) is 6.07. The van der Waals surface area contributed by atoms with E-state index in [9.17, 15) is 9.90 Å². The van der Waals surface area contributed by atoms with Gasteiger partial charge < -0.3 is 5.11 Å². The van der Waals surface area contributed by atoms with Crippen LogP contribution in [-0.4, -0.2) is 16.1 Å². The first kappa shape index (κ1) is 14.6. The van der Waals surface area contributed by atoms with Crippen molar-refractivity contribution in [2.75, 3.05) is 0 Å². The van der Waals surface area contributed by atoms with Crippen molar-refractivity contribution < 1.29 is 9.90 Å². The van der Waals surface area contributed by atoms with Gasteiger partial charge in [0.2, 0.25) is 0 Å². The number of hydrogen-bond acceptors (Lipinski definition) is 3. The zero-order valence-electron chi connectivity index (χ0n) is 10.6. The lowest BCUT2D eigenvalue weighted by molar-refractivity contribution is 0.140. The lowest BCUT2D eigenvalue weighted by Crippen LogP contribution is -2.27. The molecule has 0 fully saturated rings. The number of halogens is 1. The topological polar surface area (TPSA) is 40.5 Å². The van der Waals surface area contributed by atoms with Crippen LogP contribution >= 0.6 is 38.6 Å². The molecule has 0 unspecified atom stereocenters. The number of thiophene rings is 2. The van der Waals surface area contributed by atoms with Gasteiger partial charge in [0.05, 0.1) is 13.1 Å². The van der Waals surface area contributed by atoms with E-state index in [1.54, 1.807) is 22.7 Å². The molecule has 2 heterocycles. The van der Waals surface area contributed by atoms with Crippen LogP contribution in [0, 0.1) is 13.8 Å². The Labute approximate surface area is 128 Å². The predicted octanol–water partition coefficient (Wildman–Crippen LogP) is 4.87. The molecule has 1 amide bonds. The van der Waals surface area contributed by atoms with Gasteiger partial charge in [-0.15, -0.1) is 22.7 Å². The molecule has 0 spiro atoms. The van der Waals surface area contributed by atoms with Crippen molar-refractivity contribution in [1.82, 2.24) is 4.90 Å². The van der Waals surface area contributed by atoms with Crippen molar-refractivity contribution in [1.29, 1.82) is 0 Å². The summed E-state index contributed by atoms with van der Waals surface area (Å²) >= 11 is 6.69. The number of carboxylic acid groups (broad SMARTS) is 1. The highest BCUT2D eigenvalue weighted by molar-refractivity contribution is 9.10. The minimum absolute atomic E-state index is 0.434. The average Bonchev–Trinajstić information content (AvgIpc) is 2.86. The average molecular weight is 360 g/mol. The third-order valence-corrected chi connectivity index (χ3v) is 5.96. The van der Waals surface area contributed by atoms with Crippen LogP contribution in [0.3, 0.4) is 0 Å². The van der Waals surface area contributed by atoms with E-state index in [-0.39, 0.29) is 0 Å². The number of hydrogen-bond donors (Lipinski definition) is 1. The molecule has 0 aliphatic heterocycles. The van der Waals surface area contributed by atoms with Crippen molar-refractivity contribution >= 4 is 44.7 Å². The summed E-state index contributed by atoms with van der Waals surface area (Å²) < 4.78 is 1.05. The fourth-order valence-electron chi connectivity index (χ4n) is 1.71. The highest BCUT2D eigenvalue weighted by Crippen LogP contribution is 2.28. The Kier molecular flexibility index (Phi) is 4.65. The molecule has 0 atom stereocenters. The summed E-state index contributed by atoms with van der Waals surface area (Å²) in [5.41, 5.74) is 1.15. The molecule has 2 aromatic heterocycles. The van der Waals surface area contributed by atoms with Crippen molar-refractivity contribution in [2.45, 2.75) is 26.9 Å². The molecule has 0 radical (unpaired) electrons. The van der Waals surface area contributed by atoms with Crippen LogP contribution in [0.2, 0.25) is 0 Å². The van der Waals surface area contributed by atoms with Gasteiger partial charge in [-0.25, -0.2) is 4.79 Å². The van der Waals surface area contributed by atoms with Crippen molar-refractivity contribution in [3.05, 3.63) is 42.2 Å². The molecule has 102 valence electrons. The summed E-state index contributed by atoms with van der Waals surface area (Å²) in [7, 11) is 0. The Morgan fingerprint density at radius 1 is 1.42 bits per heavy atom. The molecule has 0 bridgehead atoms. The normalized spacial score (nSPS) is 10.7. The molecule has 0 aromatic carbocycles. The summed E-state index contributed by atoms with van der Waals surface area (Å²) in [6.45, 7) is 4.92. The van der Waals surface area contributed by atoms with Gasteiger partial charge in [-0.1, -0.05) is 0 Å². The van der Waals surface area contributed by atoms with Gasteiger partial charge in [0, 0.05) is 19.1 Å². The van der Waals surface area contributed by atoms with E-state index in [0.717, 1.165) is 19.8 Å². The van der Waals surface area contributed by atoms with E-state index >= 15 is 0 Å². The maximum Gasteiger partial charge on any atom is 0.407 e. The fraction of sp³-hybridized carbons (Fsp3) is 0.308. The van der Waals surface area contributed by atoms with Crippen molar-refractivity contribution in [3.63, 3.8) is 0 Å². The van der Waals surface area contributed by atoms with E-state index in [4.69, 9.17) is 0 Å². The largest absolute Gasteiger partial charge is 0.465 e. The maximum atomic E-state index is 11.4. The lowest BCUT2D eigenvalue weighted by Gasteiger charge is -2.18. The van der Waals surface area contributed by atoms with E-state index < -0.39 is 6.09 Å². The Balaban J connectivity index is 2.13. The molecular weight excluding hydrogens is 346 g/mol. The molecule has 0 aliphatic rings. The highest BCUT2D eigenvalue weighted by atomic mass is 79.9. The van der Waals surface area contributed by atoms with Crippen LogP contribution in [0.15, 0.2) is 22.0 Å². The maximum absolute atomic E-state index is 11.4. The summed E-state index contributed by atoms with van der Waals surface area (Å²) in [5, 5.41) is 11.3. The summed E-state index contributed by atoms with van der Waals surface area (Å²) in [6.07, 6.45) is -0.880. The first-order chi connectivity index (χ1) is 8.97. The number of nitrogens with zero attached hydrogens (tertiary/aromatic N) is 1. The van der Waals surface area contributed by atoms with Gasteiger partial charge in [0.1, 0.15) is 0 Å². The molecule has 0 saturated heterocycles. The van der Waals surface area contributed by atoms with Crippen LogP contribution in [-0.2, 0) is 13.1 Å². The predicted molar refractivity (Wildman–Crippen MR) is 83.1 cm³/mol. The minimum Gasteiger partial charge on any atom is -0.465 e. The molecule has 19 heavy (non-hydrogen) atoms. The molecule has 1 N–H and O–H groups in total. The first-order valence-electron chi connectivity index (χ1n) is 5.73. The van der Waals surface area contributed by atoms with Gasteiger partial charge in [-0.2, -0.15) is 0 Å². The Morgan fingerprint density at radius 3 is 2.63 bits per heavy atom. The monoisotopic (exact) mass is 359 g/mol. The molecule has 0 saturated carbocycles. The lowest BCUT2D eigenvalue weighted by atomic mass is 10.3. The molecule has 2 aromatic rings. The van der Waals surface area contributed by atoms with E-state index in [1.807, 2.05) is 31.4 Å². The van der Waals surface area contributed by atoms with Crippen LogP contribution < -0.4 is 0 Å². The van der Waals surface area contributed by atoms with Gasteiger partial charge in [-0.3, -0.25) is 4.90 Å². The van der Waals surface area contributed by atoms with Crippen LogP contribution in [0.4, 0.5) is 4.79 Å². The summed E-state index contributed by atoms with van der Waals surface area (Å²) in [4.78, 5) is 16.1. The van der Waals surface area contributed by atoms with Gasteiger partial charge in [0.25, 0.3) is 0 Å². The van der Waals surface area contributed by atoms with E-state index in [2.05, 4.69) is 15.9 Å². The molecule has 2 rings (SSSR count). The summed E-state index contributed by atoms with van der Waals surface area (Å²) in [6, 6.07) is 4.02. The zero-order valence-corrected chi connectivity index (χ0v) is 13.9. The van der Waals surface area contributed by atoms with Gasteiger partial charge in [-0.05, 0) is 52.9 Å². The second-order valence-corrected chi connectivity index (χ2v) is 7.48. The number of amides is 1. The smallest absolute Gasteiger partial charge is 0.407 e. The molecule has 3 nitrogen and oxygen atoms in total. The zero-order chi connectivity index (χ0) is 14.0. The van der Waals surface area contributed by atoms with Crippen LogP contribution in [0.1, 0.15) is 20.2 Å². The summed E-state index contributed by atoms with van der Waals surface area (Å²) in [5.74, 6) is 0. The van der Waals surface area contributed by atoms with Crippen molar-refractivity contribution in [3.8, 4) is 0 Å². The Morgan fingerprint density at radius 2 is 2.16 bits per heavy atom. The number of carbonyl (C=O) groups is 1. The van der Waals surface area contributed by atoms with Gasteiger partial charge >= 0.3 is 6.09 Å². The van der Waals surface area contributed by atoms with Crippen LogP contribution in [0.5, 0.6) is 0 Å². The highest BCUT2D eigenvalue weighted by Gasteiger charge is 2.16. The number of rotatable bonds is 4. The van der Waals surface area contributed by atoms with E-state index in [0.29, 0.717) is 13.1 Å². The SMILES string of the molecule is Cc1ccsc1CN(Cc1cc(Br)c(C)s1)C(=O)O. The first-order valence-corrected chi connectivity index (χ1v) is 8.22. The van der Waals surface area contributed by atoms with Crippen LogP contribution in [0.25, 0.3) is 0 Å². The molecule has 6 heteroatoms. The minimum atomic E-state index is -0.880. The number of aryl methyl sites for hydroxylation is 2. The fourth-order valence-corrected chi connectivity index (χ4v) is 4.25. The Hall–Kier alpha value is -0.850. The standard InChI is InChI=1S/C13H14BrNO2S2/c1-8-3-4-18-12(8)7-15(13(16)17)6-10-5-11(14)9(2)19-10/h3-5H,6-7H2,1-2H3,(H,16,17). The second-order valence-electron chi connectivity index (χ2n) is 4.28. The molecular formula is C13H14BrNO2S2. The third-order valence-electron chi connectivity index (χ3n) is 2.83. The third kappa shape index (κ3) is 3.58. The Bertz CT molecular complexity index is 572. The molecule has 0 aliphatic carbocycles. The van der Waals surface area contributed by atoms with E-state index in [1.165, 1.54) is 9.78 Å². The van der Waals surface area contributed by atoms with Gasteiger partial charge in [0.15, 0.2) is 0 Å². The van der Waals surface area contributed by atoms with Crippen molar-refractivity contribution in [2.24, 2.45) is 0 Å². The quantitative estimate of drug-likeness (QED) is 0.845.